The first-order chi connectivity index (χ1) is 17.6. The standard InChI is InChI=1S/C24H21Cl2N3O7S/c1-34-22-12-16(8-11-21(22)36-24(31)35-2)14-27-28-23(30)15-29(20-10-9-17(25)13-19(20)26)37(32,33)18-6-4-3-5-7-18/h3-14H,15H2,1-2H3,(H,28,30)/b27-14-. The molecule has 37 heavy (non-hydrogen) atoms. The molecule has 0 saturated heterocycles. The maximum Gasteiger partial charge on any atom is 0.513 e. The Morgan fingerprint density at radius 3 is 2.38 bits per heavy atom. The second-order valence-electron chi connectivity index (χ2n) is 7.18. The van der Waals surface area contributed by atoms with Crippen molar-refractivity contribution in [1.29, 1.82) is 0 Å². The van der Waals surface area contributed by atoms with Crippen molar-refractivity contribution in [2.24, 2.45) is 5.10 Å². The Bertz CT molecular complexity index is 1420. The van der Waals surface area contributed by atoms with E-state index in [4.69, 9.17) is 32.7 Å². The SMILES string of the molecule is COC(=O)Oc1ccc(/C=N\NC(=O)CN(c2ccc(Cl)cc2Cl)S(=O)(=O)c2ccccc2)cc1OC. The lowest BCUT2D eigenvalue weighted by Gasteiger charge is -2.24. The number of rotatable bonds is 9. The minimum Gasteiger partial charge on any atom is -0.493 e. The van der Waals surface area contributed by atoms with Gasteiger partial charge in [-0.2, -0.15) is 5.10 Å². The quantitative estimate of drug-likeness (QED) is 0.175. The Morgan fingerprint density at radius 2 is 1.73 bits per heavy atom. The topological polar surface area (TPSA) is 124 Å². The molecular formula is C24H21Cl2N3O7S. The van der Waals surface area contributed by atoms with E-state index in [9.17, 15) is 18.0 Å². The van der Waals surface area contributed by atoms with Gasteiger partial charge in [0, 0.05) is 5.02 Å². The van der Waals surface area contributed by atoms with Crippen LogP contribution in [0.4, 0.5) is 10.5 Å². The number of amides is 1. The molecular weight excluding hydrogens is 545 g/mol. The summed E-state index contributed by atoms with van der Waals surface area (Å²) >= 11 is 12.2. The summed E-state index contributed by atoms with van der Waals surface area (Å²) in [5.74, 6) is -0.394. The largest absolute Gasteiger partial charge is 0.513 e. The zero-order chi connectivity index (χ0) is 27.0. The first kappa shape index (κ1) is 27.8. The third kappa shape index (κ3) is 7.13. The number of ether oxygens (including phenoxy) is 3. The van der Waals surface area contributed by atoms with Crippen molar-refractivity contribution in [3.63, 3.8) is 0 Å². The van der Waals surface area contributed by atoms with E-state index in [1.54, 1.807) is 24.3 Å². The van der Waals surface area contributed by atoms with Crippen molar-refractivity contribution in [3.8, 4) is 11.5 Å². The van der Waals surface area contributed by atoms with Crippen LogP contribution in [0.3, 0.4) is 0 Å². The van der Waals surface area contributed by atoms with Crippen LogP contribution in [0.2, 0.25) is 10.0 Å². The fourth-order valence-corrected chi connectivity index (χ4v) is 5.05. The number of anilines is 1. The van der Waals surface area contributed by atoms with Crippen LogP contribution < -0.4 is 19.2 Å². The van der Waals surface area contributed by atoms with Gasteiger partial charge in [-0.3, -0.25) is 9.10 Å². The molecule has 0 aliphatic carbocycles. The predicted octanol–water partition coefficient (Wildman–Crippen LogP) is 4.49. The van der Waals surface area contributed by atoms with E-state index >= 15 is 0 Å². The molecule has 0 atom stereocenters. The second-order valence-corrected chi connectivity index (χ2v) is 9.89. The van der Waals surface area contributed by atoms with E-state index < -0.39 is 28.6 Å². The number of halogens is 2. The molecule has 0 bridgehead atoms. The molecule has 0 aliphatic heterocycles. The molecule has 0 radical (unpaired) electrons. The van der Waals surface area contributed by atoms with Gasteiger partial charge in [-0.25, -0.2) is 18.6 Å². The number of sulfonamides is 1. The number of hydrogen-bond acceptors (Lipinski definition) is 8. The molecule has 0 aromatic heterocycles. The molecule has 0 aliphatic rings. The number of carbonyl (C=O) groups excluding carboxylic acids is 2. The summed E-state index contributed by atoms with van der Waals surface area (Å²) in [6, 6.07) is 16.4. The molecule has 1 N–H and O–H groups in total. The smallest absolute Gasteiger partial charge is 0.493 e. The zero-order valence-corrected chi connectivity index (χ0v) is 21.9. The maximum absolute atomic E-state index is 13.4. The average Bonchev–Trinajstić information content (AvgIpc) is 2.88. The van der Waals surface area contributed by atoms with Crippen LogP contribution in [0, 0.1) is 0 Å². The van der Waals surface area contributed by atoms with Crippen LogP contribution in [-0.2, 0) is 19.6 Å². The molecule has 3 rings (SSSR count). The summed E-state index contributed by atoms with van der Waals surface area (Å²) in [5.41, 5.74) is 2.85. The van der Waals surface area contributed by atoms with Crippen LogP contribution in [0.15, 0.2) is 76.7 Å². The minimum atomic E-state index is -4.16. The van der Waals surface area contributed by atoms with Crippen LogP contribution in [0.25, 0.3) is 0 Å². The predicted molar refractivity (Wildman–Crippen MR) is 139 cm³/mol. The summed E-state index contributed by atoms with van der Waals surface area (Å²) < 4.78 is 42.2. The van der Waals surface area contributed by atoms with Crippen molar-refractivity contribution < 1.29 is 32.2 Å². The molecule has 0 saturated carbocycles. The Balaban J connectivity index is 1.80. The van der Waals surface area contributed by atoms with Gasteiger partial charge >= 0.3 is 6.16 Å². The van der Waals surface area contributed by atoms with E-state index in [1.807, 2.05) is 0 Å². The van der Waals surface area contributed by atoms with Crippen molar-refractivity contribution in [1.82, 2.24) is 5.43 Å². The molecule has 0 fully saturated rings. The van der Waals surface area contributed by atoms with Gasteiger partial charge < -0.3 is 14.2 Å². The van der Waals surface area contributed by atoms with E-state index in [0.717, 1.165) is 4.31 Å². The molecule has 1 amide bonds. The highest BCUT2D eigenvalue weighted by molar-refractivity contribution is 7.92. The highest BCUT2D eigenvalue weighted by Gasteiger charge is 2.28. The minimum absolute atomic E-state index is 0.0290. The molecule has 0 unspecified atom stereocenters. The third-order valence-electron chi connectivity index (χ3n) is 4.75. The number of hydrazone groups is 1. The van der Waals surface area contributed by atoms with E-state index in [-0.39, 0.29) is 27.1 Å². The second kappa shape index (κ2) is 12.4. The van der Waals surface area contributed by atoms with Gasteiger partial charge in [-0.1, -0.05) is 41.4 Å². The van der Waals surface area contributed by atoms with Crippen molar-refractivity contribution in [3.05, 3.63) is 82.3 Å². The Hall–Kier alpha value is -3.80. The Labute approximate surface area is 223 Å². The number of carbonyl (C=O) groups is 2. The van der Waals surface area contributed by atoms with Gasteiger partial charge in [0.15, 0.2) is 11.5 Å². The molecule has 194 valence electrons. The number of benzene rings is 3. The zero-order valence-electron chi connectivity index (χ0n) is 19.6. The van der Waals surface area contributed by atoms with E-state index in [1.165, 1.54) is 62.9 Å². The average molecular weight is 566 g/mol. The first-order valence-corrected chi connectivity index (χ1v) is 12.6. The van der Waals surface area contributed by atoms with Gasteiger partial charge in [0.1, 0.15) is 6.54 Å². The molecule has 3 aromatic carbocycles. The van der Waals surface area contributed by atoms with Crippen molar-refractivity contribution in [2.45, 2.75) is 4.90 Å². The van der Waals surface area contributed by atoms with Gasteiger partial charge in [-0.15, -0.1) is 0 Å². The molecule has 3 aromatic rings. The van der Waals surface area contributed by atoms with Gasteiger partial charge in [0.05, 0.1) is 36.0 Å². The third-order valence-corrected chi connectivity index (χ3v) is 7.06. The summed E-state index contributed by atoms with van der Waals surface area (Å²) in [6.07, 6.45) is 0.385. The number of methoxy groups -OCH3 is 2. The molecule has 0 spiro atoms. The van der Waals surface area contributed by atoms with Crippen LogP contribution >= 0.6 is 23.2 Å². The Kier molecular flexibility index (Phi) is 9.34. The summed E-state index contributed by atoms with van der Waals surface area (Å²) in [5, 5.41) is 4.22. The molecule has 10 nitrogen and oxygen atoms in total. The van der Waals surface area contributed by atoms with Gasteiger partial charge in [0.2, 0.25) is 0 Å². The van der Waals surface area contributed by atoms with Crippen LogP contribution in [-0.4, -0.2) is 47.5 Å². The summed E-state index contributed by atoms with van der Waals surface area (Å²) in [6.45, 7) is -0.620. The fraction of sp³-hybridized carbons (Fsp3) is 0.125. The highest BCUT2D eigenvalue weighted by Crippen LogP contribution is 2.32. The summed E-state index contributed by atoms with van der Waals surface area (Å²) in [7, 11) is -1.61. The first-order valence-electron chi connectivity index (χ1n) is 10.4. The van der Waals surface area contributed by atoms with Gasteiger partial charge in [0.25, 0.3) is 15.9 Å². The number of hydrogen-bond donors (Lipinski definition) is 1. The van der Waals surface area contributed by atoms with E-state index in [2.05, 4.69) is 15.3 Å². The lowest BCUT2D eigenvalue weighted by Crippen LogP contribution is -2.39. The van der Waals surface area contributed by atoms with Crippen molar-refractivity contribution in [2.75, 3.05) is 25.1 Å². The monoisotopic (exact) mass is 565 g/mol. The summed E-state index contributed by atoms with van der Waals surface area (Å²) in [4.78, 5) is 24.0. The van der Waals surface area contributed by atoms with Crippen molar-refractivity contribution >= 4 is 57.2 Å². The fourth-order valence-electron chi connectivity index (χ4n) is 3.03. The molecule has 0 heterocycles. The lowest BCUT2D eigenvalue weighted by molar-refractivity contribution is -0.119. The van der Waals surface area contributed by atoms with Crippen LogP contribution in [0.1, 0.15) is 5.56 Å². The normalized spacial score (nSPS) is 11.1. The van der Waals surface area contributed by atoms with Gasteiger partial charge in [-0.05, 0) is 54.1 Å². The molecule has 13 heteroatoms. The van der Waals surface area contributed by atoms with E-state index in [0.29, 0.717) is 10.6 Å². The lowest BCUT2D eigenvalue weighted by atomic mass is 10.2. The number of nitrogens with one attached hydrogen (secondary N) is 1. The maximum atomic E-state index is 13.4. The highest BCUT2D eigenvalue weighted by atomic mass is 35.5. The van der Waals surface area contributed by atoms with Crippen LogP contribution in [0.5, 0.6) is 11.5 Å². The number of nitrogens with zero attached hydrogens (tertiary/aromatic N) is 2. The Morgan fingerprint density at radius 1 is 1.00 bits per heavy atom.